The summed E-state index contributed by atoms with van der Waals surface area (Å²) in [6.07, 6.45) is -8.85. The second kappa shape index (κ2) is 5.54. The van der Waals surface area contributed by atoms with Gasteiger partial charge >= 0.3 is 40.1 Å². The molecule has 120 valence electrons. The van der Waals surface area contributed by atoms with E-state index in [0.717, 1.165) is 0 Å². The first-order valence-corrected chi connectivity index (χ1v) is 8.49. The Labute approximate surface area is 118 Å². The molecular formula is C6H9O12P3. The molecule has 21 heavy (non-hydrogen) atoms. The molecule has 0 bridgehead atoms. The minimum atomic E-state index is -4.66. The fourth-order valence-corrected chi connectivity index (χ4v) is 5.53. The van der Waals surface area contributed by atoms with Crippen LogP contribution in [0.5, 0.6) is 0 Å². The van der Waals surface area contributed by atoms with Gasteiger partial charge in [0.05, 0.1) is 0 Å². The first-order chi connectivity index (χ1) is 9.31. The Balaban J connectivity index is 3.85. The highest BCUT2D eigenvalue weighted by molar-refractivity contribution is 7.46. The van der Waals surface area contributed by atoms with Gasteiger partial charge in [0.1, 0.15) is 6.10 Å². The van der Waals surface area contributed by atoms with Crippen molar-refractivity contribution < 1.29 is 59.0 Å². The van der Waals surface area contributed by atoms with Gasteiger partial charge in [0.25, 0.3) is 0 Å². The maximum atomic E-state index is 11.1. The molecule has 1 saturated carbocycles. The monoisotopic (exact) mass is 366 g/mol. The smallest absolute Gasteiger partial charge is 0.414 e. The van der Waals surface area contributed by atoms with Crippen LogP contribution in [0.15, 0.2) is 0 Å². The van der Waals surface area contributed by atoms with Gasteiger partial charge in [-0.1, -0.05) is 13.7 Å². The molecule has 0 aromatic carbocycles. The second-order valence-electron chi connectivity index (χ2n) is 4.28. The lowest BCUT2D eigenvalue weighted by Gasteiger charge is -2.46. The van der Waals surface area contributed by atoms with Crippen LogP contribution in [0.3, 0.4) is 0 Å². The zero-order chi connectivity index (χ0) is 17.0. The number of hydrogen-bond donors (Lipinski definition) is 6. The van der Waals surface area contributed by atoms with E-state index in [2.05, 4.69) is 0 Å². The molecule has 0 heterocycles. The maximum absolute atomic E-state index is 11.1. The Kier molecular flexibility index (Phi) is 5.01. The molecule has 12 nitrogen and oxygen atoms in total. The lowest BCUT2D eigenvalue weighted by atomic mass is 9.83. The van der Waals surface area contributed by atoms with Crippen LogP contribution in [-0.2, 0) is 13.7 Å². The van der Waals surface area contributed by atoms with Crippen LogP contribution in [0.1, 0.15) is 0 Å². The van der Waals surface area contributed by atoms with E-state index >= 15 is 0 Å². The largest absolute Gasteiger partial charge is 0.593 e. The maximum Gasteiger partial charge on any atom is 0.414 e. The molecular weight excluding hydrogens is 357 g/mol. The van der Waals surface area contributed by atoms with Crippen molar-refractivity contribution >= 4 is 24.1 Å². The van der Waals surface area contributed by atoms with Crippen molar-refractivity contribution in [3.63, 3.8) is 0 Å². The summed E-state index contributed by atoms with van der Waals surface area (Å²) in [5, 5.41) is 45.0. The molecule has 1 fully saturated rings. The molecule has 3 unspecified atom stereocenters. The lowest BCUT2D eigenvalue weighted by Crippen LogP contribution is -2.80. The summed E-state index contributed by atoms with van der Waals surface area (Å²) in [4.78, 5) is 33.3. The van der Waals surface area contributed by atoms with Crippen molar-refractivity contribution in [3.8, 4) is 0 Å². The zero-order valence-electron chi connectivity index (χ0n) is 9.71. The van der Waals surface area contributed by atoms with E-state index in [-0.39, 0.29) is 0 Å². The SMILES string of the molecule is O=[P+]([O-])C1(O)[C@@](O)([P+](=O)[O-])[C@@H](O)C(O)[C@H](O)[C@]1(O)[P+](=O)[O-]. The third-order valence-electron chi connectivity index (χ3n) is 3.32. The Morgan fingerprint density at radius 2 is 1.00 bits per heavy atom. The molecule has 7 atom stereocenters. The minimum absolute atomic E-state index is 2.80. The zero-order valence-corrected chi connectivity index (χ0v) is 12.4. The van der Waals surface area contributed by atoms with E-state index in [1.807, 2.05) is 0 Å². The molecule has 0 amide bonds. The van der Waals surface area contributed by atoms with Gasteiger partial charge in [-0.3, -0.25) is 0 Å². The average Bonchev–Trinajstić information content (AvgIpc) is 2.39. The minimum Gasteiger partial charge on any atom is -0.593 e. The normalized spacial score (nSPS) is 49.6. The predicted molar refractivity (Wildman–Crippen MR) is 55.7 cm³/mol. The van der Waals surface area contributed by atoms with Crippen LogP contribution in [-0.4, -0.2) is 65.0 Å². The predicted octanol–water partition coefficient (Wildman–Crippen LogP) is -5.54. The summed E-state index contributed by atoms with van der Waals surface area (Å²) in [5.41, 5.74) is 0. The van der Waals surface area contributed by atoms with E-state index in [9.17, 15) is 59.0 Å². The average molecular weight is 366 g/mol. The Hall–Kier alpha value is -0.0600. The molecule has 0 saturated heterocycles. The summed E-state index contributed by atoms with van der Waals surface area (Å²) < 4.78 is 33.3. The Morgan fingerprint density at radius 1 is 0.714 bits per heavy atom. The molecule has 0 aromatic heterocycles. The van der Waals surface area contributed by atoms with Gasteiger partial charge in [-0.25, -0.2) is 0 Å². The Bertz CT molecular complexity index is 475. The molecule has 1 rings (SSSR count). The molecule has 1 aliphatic carbocycles. The van der Waals surface area contributed by atoms with Crippen LogP contribution >= 0.6 is 24.1 Å². The van der Waals surface area contributed by atoms with Crippen LogP contribution in [0, 0.1) is 0 Å². The fraction of sp³-hybridized carbons (Fsp3) is 1.00. The van der Waals surface area contributed by atoms with Crippen molar-refractivity contribution in [2.75, 3.05) is 0 Å². The number of hydrogen-bond acceptors (Lipinski definition) is 12. The summed E-state index contributed by atoms with van der Waals surface area (Å²) in [7, 11) is -13.7. The topological polar surface area (TPSA) is 242 Å². The summed E-state index contributed by atoms with van der Waals surface area (Å²) in [6.45, 7) is 0. The standard InChI is InChI=1S/C6H9O12P3/c7-1-2(8)4(10,19(13)14)6(12,21(17)18)5(11,3(1)9)20(15)16/h1-3,7-12H/t1?,2-,3-,4-,5-,6?/m0/s1. The third kappa shape index (κ3) is 2.05. The molecule has 6 N–H and O–H groups in total. The van der Waals surface area contributed by atoms with E-state index in [1.165, 1.54) is 0 Å². The van der Waals surface area contributed by atoms with Gasteiger partial charge in [0, 0.05) is 0 Å². The van der Waals surface area contributed by atoms with E-state index < -0.39 is 58.4 Å². The van der Waals surface area contributed by atoms with Crippen molar-refractivity contribution in [2.45, 2.75) is 34.3 Å². The fourth-order valence-electron chi connectivity index (χ4n) is 2.07. The highest BCUT2D eigenvalue weighted by Gasteiger charge is 2.93. The van der Waals surface area contributed by atoms with Gasteiger partial charge in [-0.15, -0.1) is 0 Å². The lowest BCUT2D eigenvalue weighted by molar-refractivity contribution is -0.310. The van der Waals surface area contributed by atoms with Crippen molar-refractivity contribution in [3.05, 3.63) is 0 Å². The van der Waals surface area contributed by atoms with Crippen LogP contribution < -0.4 is 14.7 Å². The molecule has 0 aromatic rings. The Morgan fingerprint density at radius 3 is 1.19 bits per heavy atom. The first-order valence-electron chi connectivity index (χ1n) is 4.96. The molecule has 0 spiro atoms. The first kappa shape index (κ1) is 19.0. The van der Waals surface area contributed by atoms with Gasteiger partial charge < -0.3 is 45.3 Å². The quantitative estimate of drug-likeness (QED) is 0.256. The summed E-state index contributed by atoms with van der Waals surface area (Å²) in [6, 6.07) is 0. The molecule has 1 aliphatic rings. The van der Waals surface area contributed by atoms with Gasteiger partial charge in [0.2, 0.25) is 0 Å². The second-order valence-corrected chi connectivity index (χ2v) is 7.83. The van der Waals surface area contributed by atoms with Gasteiger partial charge in [-0.2, -0.15) is 0 Å². The molecule has 0 aliphatic heterocycles. The van der Waals surface area contributed by atoms with Crippen molar-refractivity contribution in [2.24, 2.45) is 0 Å². The summed E-state index contributed by atoms with van der Waals surface area (Å²) >= 11 is 0. The van der Waals surface area contributed by atoms with Gasteiger partial charge in [0.15, 0.2) is 12.2 Å². The highest BCUT2D eigenvalue weighted by atomic mass is 31.1. The molecule has 0 radical (unpaired) electrons. The third-order valence-corrected chi connectivity index (χ3v) is 7.17. The van der Waals surface area contributed by atoms with Crippen molar-refractivity contribution in [1.29, 1.82) is 0 Å². The number of rotatable bonds is 3. The van der Waals surface area contributed by atoms with Crippen LogP contribution in [0.4, 0.5) is 0 Å². The van der Waals surface area contributed by atoms with E-state index in [4.69, 9.17) is 0 Å². The highest BCUT2D eigenvalue weighted by Crippen LogP contribution is 2.64. The van der Waals surface area contributed by atoms with E-state index in [0.29, 0.717) is 0 Å². The van der Waals surface area contributed by atoms with Crippen LogP contribution in [0.25, 0.3) is 0 Å². The van der Waals surface area contributed by atoms with Gasteiger partial charge in [-0.05, 0) is 0 Å². The summed E-state index contributed by atoms with van der Waals surface area (Å²) in [5.74, 6) is 0. The van der Waals surface area contributed by atoms with E-state index in [1.54, 1.807) is 0 Å². The number of aliphatic hydroxyl groups excluding tert-OH is 3. The number of aliphatic hydroxyl groups is 6. The molecule has 15 heteroatoms. The van der Waals surface area contributed by atoms with Crippen LogP contribution in [0.2, 0.25) is 0 Å². The van der Waals surface area contributed by atoms with Crippen molar-refractivity contribution in [1.82, 2.24) is 0 Å².